The van der Waals surface area contributed by atoms with Crippen LogP contribution in [0.5, 0.6) is 0 Å². The number of amides is 2. The van der Waals surface area contributed by atoms with Crippen molar-refractivity contribution in [1.82, 2.24) is 15.1 Å². The van der Waals surface area contributed by atoms with E-state index in [0.29, 0.717) is 19.4 Å². The number of rotatable bonds is 7. The second-order valence-electron chi connectivity index (χ2n) is 7.28. The fourth-order valence-corrected chi connectivity index (χ4v) is 3.76. The van der Waals surface area contributed by atoms with Crippen molar-refractivity contribution in [2.24, 2.45) is 5.92 Å². The summed E-state index contributed by atoms with van der Waals surface area (Å²) in [5, 5.41) is 3.72. The smallest absolute Gasteiger partial charge is 0.223 e. The number of nitrogens with one attached hydrogen (secondary N) is 1. The average molecular weight is 378 g/mol. The molecular formula is C20H28ClN3O2. The molecule has 6 heteroatoms. The fourth-order valence-electron chi connectivity index (χ4n) is 3.47. The first-order chi connectivity index (χ1) is 12.6. The molecule has 0 bridgehead atoms. The van der Waals surface area contributed by atoms with E-state index in [1.54, 1.807) is 0 Å². The Balaban J connectivity index is 1.38. The molecule has 26 heavy (non-hydrogen) atoms. The molecule has 2 fully saturated rings. The molecule has 0 radical (unpaired) electrons. The predicted molar refractivity (Wildman–Crippen MR) is 103 cm³/mol. The normalized spacial score (nSPS) is 19.2. The van der Waals surface area contributed by atoms with E-state index in [0.717, 1.165) is 49.6 Å². The van der Waals surface area contributed by atoms with E-state index in [1.165, 1.54) is 0 Å². The second-order valence-corrected chi connectivity index (χ2v) is 7.69. The minimum Gasteiger partial charge on any atom is -0.356 e. The van der Waals surface area contributed by atoms with Crippen LogP contribution in [0.4, 0.5) is 0 Å². The number of carbonyl (C=O) groups is 2. The van der Waals surface area contributed by atoms with E-state index in [9.17, 15) is 9.59 Å². The van der Waals surface area contributed by atoms with Gasteiger partial charge in [0.25, 0.3) is 0 Å². The molecule has 1 N–H and O–H groups in total. The predicted octanol–water partition coefficient (Wildman–Crippen LogP) is 2.85. The van der Waals surface area contributed by atoms with E-state index in [-0.39, 0.29) is 23.8 Å². The van der Waals surface area contributed by atoms with Crippen LogP contribution in [0.3, 0.4) is 0 Å². The Morgan fingerprint density at radius 3 is 2.54 bits per heavy atom. The molecule has 2 amide bonds. The first kappa shape index (κ1) is 19.2. The zero-order valence-corrected chi connectivity index (χ0v) is 16.2. The molecule has 1 heterocycles. The van der Waals surface area contributed by atoms with Gasteiger partial charge in [0.15, 0.2) is 0 Å². The summed E-state index contributed by atoms with van der Waals surface area (Å²) >= 11 is 6.31. The highest BCUT2D eigenvalue weighted by Gasteiger charge is 2.29. The standard InChI is InChI=1S/C20H28ClN3O2/c1-15(17-5-2-3-6-18(17)21)23-11-13-24(14-12-23)19(25)7-4-10-22-20(26)16-8-9-16/h2-3,5-6,15-16H,4,7-14H2,1H3,(H,22,26). The van der Waals surface area contributed by atoms with Crippen LogP contribution >= 0.6 is 11.6 Å². The van der Waals surface area contributed by atoms with Crippen LogP contribution < -0.4 is 5.32 Å². The lowest BCUT2D eigenvalue weighted by Crippen LogP contribution is -2.49. The first-order valence-corrected chi connectivity index (χ1v) is 9.98. The average Bonchev–Trinajstić information content (AvgIpc) is 3.50. The molecule has 1 aliphatic heterocycles. The van der Waals surface area contributed by atoms with E-state index in [2.05, 4.69) is 23.2 Å². The summed E-state index contributed by atoms with van der Waals surface area (Å²) in [6, 6.07) is 8.20. The summed E-state index contributed by atoms with van der Waals surface area (Å²) in [4.78, 5) is 28.3. The molecule has 1 aromatic carbocycles. The Morgan fingerprint density at radius 1 is 1.19 bits per heavy atom. The highest BCUT2D eigenvalue weighted by molar-refractivity contribution is 6.31. The minimum atomic E-state index is 0.152. The summed E-state index contributed by atoms with van der Waals surface area (Å²) in [7, 11) is 0. The minimum absolute atomic E-state index is 0.152. The molecular weight excluding hydrogens is 350 g/mol. The molecule has 142 valence electrons. The van der Waals surface area contributed by atoms with Crippen LogP contribution in [0.1, 0.15) is 44.2 Å². The van der Waals surface area contributed by atoms with Gasteiger partial charge < -0.3 is 10.2 Å². The summed E-state index contributed by atoms with van der Waals surface area (Å²) in [6.45, 7) is 5.99. The molecule has 0 aromatic heterocycles. The summed E-state index contributed by atoms with van der Waals surface area (Å²) in [5.74, 6) is 0.578. The van der Waals surface area contributed by atoms with Crippen LogP contribution in [0.15, 0.2) is 24.3 Å². The lowest BCUT2D eigenvalue weighted by Gasteiger charge is -2.38. The summed E-state index contributed by atoms with van der Waals surface area (Å²) in [6.07, 6.45) is 3.25. The summed E-state index contributed by atoms with van der Waals surface area (Å²) < 4.78 is 0. The Morgan fingerprint density at radius 2 is 1.88 bits per heavy atom. The van der Waals surface area contributed by atoms with Gasteiger partial charge in [-0.05, 0) is 37.8 Å². The van der Waals surface area contributed by atoms with Crippen LogP contribution in [0.25, 0.3) is 0 Å². The Hall–Kier alpha value is -1.59. The quantitative estimate of drug-likeness (QED) is 0.743. The van der Waals surface area contributed by atoms with Crippen molar-refractivity contribution >= 4 is 23.4 Å². The highest BCUT2D eigenvalue weighted by atomic mass is 35.5. The summed E-state index contributed by atoms with van der Waals surface area (Å²) in [5.41, 5.74) is 1.14. The van der Waals surface area contributed by atoms with Crippen LogP contribution in [-0.4, -0.2) is 54.3 Å². The molecule has 1 saturated carbocycles. The van der Waals surface area contributed by atoms with Gasteiger partial charge in [0.2, 0.25) is 11.8 Å². The van der Waals surface area contributed by atoms with Crippen LogP contribution in [-0.2, 0) is 9.59 Å². The topological polar surface area (TPSA) is 52.6 Å². The SMILES string of the molecule is CC(c1ccccc1Cl)N1CCN(C(=O)CCCNC(=O)C2CC2)CC1. The third-order valence-corrected chi connectivity index (χ3v) is 5.73. The van der Waals surface area contributed by atoms with Crippen LogP contribution in [0, 0.1) is 5.92 Å². The van der Waals surface area contributed by atoms with Crippen molar-refractivity contribution < 1.29 is 9.59 Å². The van der Waals surface area contributed by atoms with Crippen molar-refractivity contribution in [3.05, 3.63) is 34.9 Å². The fraction of sp³-hybridized carbons (Fsp3) is 0.600. The molecule has 5 nitrogen and oxygen atoms in total. The van der Waals surface area contributed by atoms with Crippen molar-refractivity contribution in [3.8, 4) is 0 Å². The van der Waals surface area contributed by atoms with Gasteiger partial charge in [0.1, 0.15) is 0 Å². The zero-order chi connectivity index (χ0) is 18.5. The number of benzene rings is 1. The molecule has 3 rings (SSSR count). The highest BCUT2D eigenvalue weighted by Crippen LogP contribution is 2.29. The molecule has 1 aliphatic carbocycles. The number of carbonyl (C=O) groups excluding carboxylic acids is 2. The van der Waals surface area contributed by atoms with Crippen molar-refractivity contribution in [2.75, 3.05) is 32.7 Å². The molecule has 1 saturated heterocycles. The second kappa shape index (κ2) is 8.87. The van der Waals surface area contributed by atoms with E-state index in [1.807, 2.05) is 23.1 Å². The van der Waals surface area contributed by atoms with Gasteiger partial charge in [-0.2, -0.15) is 0 Å². The maximum Gasteiger partial charge on any atom is 0.223 e. The van der Waals surface area contributed by atoms with Gasteiger partial charge in [-0.1, -0.05) is 29.8 Å². The maximum absolute atomic E-state index is 12.4. The Kier molecular flexibility index (Phi) is 6.54. The van der Waals surface area contributed by atoms with Crippen molar-refractivity contribution in [1.29, 1.82) is 0 Å². The molecule has 1 unspecified atom stereocenters. The van der Waals surface area contributed by atoms with Crippen molar-refractivity contribution in [2.45, 2.75) is 38.6 Å². The molecule has 1 aromatic rings. The van der Waals surface area contributed by atoms with Gasteiger partial charge in [0.05, 0.1) is 0 Å². The van der Waals surface area contributed by atoms with Crippen LogP contribution in [0.2, 0.25) is 5.02 Å². The van der Waals surface area contributed by atoms with E-state index >= 15 is 0 Å². The number of nitrogens with zero attached hydrogens (tertiary/aromatic N) is 2. The number of piperazine rings is 1. The third-order valence-electron chi connectivity index (χ3n) is 5.38. The molecule has 2 aliphatic rings. The lowest BCUT2D eigenvalue weighted by molar-refractivity contribution is -0.133. The largest absolute Gasteiger partial charge is 0.356 e. The van der Waals surface area contributed by atoms with E-state index < -0.39 is 0 Å². The lowest BCUT2D eigenvalue weighted by atomic mass is 10.1. The van der Waals surface area contributed by atoms with Gasteiger partial charge in [-0.3, -0.25) is 14.5 Å². The Labute approximate surface area is 160 Å². The maximum atomic E-state index is 12.4. The van der Waals surface area contributed by atoms with Gasteiger partial charge >= 0.3 is 0 Å². The van der Waals surface area contributed by atoms with Gasteiger partial charge in [-0.15, -0.1) is 0 Å². The monoisotopic (exact) mass is 377 g/mol. The van der Waals surface area contributed by atoms with Crippen molar-refractivity contribution in [3.63, 3.8) is 0 Å². The molecule has 1 atom stereocenters. The van der Waals surface area contributed by atoms with Gasteiger partial charge in [-0.25, -0.2) is 0 Å². The number of halogens is 1. The Bertz CT molecular complexity index is 640. The number of hydrogen-bond donors (Lipinski definition) is 1. The molecule has 0 spiro atoms. The van der Waals surface area contributed by atoms with E-state index in [4.69, 9.17) is 11.6 Å². The van der Waals surface area contributed by atoms with Gasteiger partial charge in [0, 0.05) is 56.1 Å². The first-order valence-electron chi connectivity index (χ1n) is 9.60. The zero-order valence-electron chi connectivity index (χ0n) is 15.4. The number of hydrogen-bond acceptors (Lipinski definition) is 3. The third kappa shape index (κ3) is 4.98.